The van der Waals surface area contributed by atoms with Crippen LogP contribution in [-0.4, -0.2) is 53.6 Å². The lowest BCUT2D eigenvalue weighted by Crippen LogP contribution is -2.49. The van der Waals surface area contributed by atoms with Gasteiger partial charge in [-0.3, -0.25) is 24.7 Å². The van der Waals surface area contributed by atoms with Gasteiger partial charge < -0.3 is 14.8 Å². The van der Waals surface area contributed by atoms with Gasteiger partial charge in [-0.2, -0.15) is 0 Å². The Bertz CT molecular complexity index is 1450. The summed E-state index contributed by atoms with van der Waals surface area (Å²) in [5, 5.41) is 3.69. The monoisotopic (exact) mass is 564 g/mol. The summed E-state index contributed by atoms with van der Waals surface area (Å²) in [7, 11) is 1.46. The van der Waals surface area contributed by atoms with Crippen LogP contribution in [0, 0.1) is 5.82 Å². The number of benzene rings is 3. The van der Waals surface area contributed by atoms with Crippen LogP contribution in [-0.2, 0) is 14.3 Å². The molecule has 1 saturated heterocycles. The van der Waals surface area contributed by atoms with Crippen LogP contribution in [0.4, 0.5) is 15.8 Å². The van der Waals surface area contributed by atoms with Gasteiger partial charge in [-0.15, -0.1) is 0 Å². The quantitative estimate of drug-likeness (QED) is 0.299. The molecular formula is C28H25FN4O6S. The van der Waals surface area contributed by atoms with Gasteiger partial charge in [-0.25, -0.2) is 14.2 Å². The molecule has 10 nitrogen and oxygen atoms in total. The third kappa shape index (κ3) is 6.24. The summed E-state index contributed by atoms with van der Waals surface area (Å²) in [6.45, 7) is 1.90. The highest BCUT2D eigenvalue weighted by Gasteiger charge is 2.45. The molecule has 0 bridgehead atoms. The molecule has 2 N–H and O–H groups in total. The lowest BCUT2D eigenvalue weighted by molar-refractivity contribution is -0.124. The van der Waals surface area contributed by atoms with Crippen molar-refractivity contribution in [3.05, 3.63) is 89.7 Å². The topological polar surface area (TPSA) is 117 Å². The van der Waals surface area contributed by atoms with E-state index >= 15 is 0 Å². The molecule has 1 unspecified atom stereocenters. The molecule has 3 amide bonds. The lowest BCUT2D eigenvalue weighted by atomic mass is 10.1. The van der Waals surface area contributed by atoms with E-state index in [9.17, 15) is 23.6 Å². The van der Waals surface area contributed by atoms with E-state index in [2.05, 4.69) is 10.7 Å². The first-order valence-corrected chi connectivity index (χ1v) is 12.6. The number of carbonyl (C=O) groups excluding carboxylic acids is 4. The number of nitrogens with one attached hydrogen (secondary N) is 2. The normalized spacial score (nSPS) is 14.6. The maximum absolute atomic E-state index is 13.6. The molecule has 4 rings (SSSR count). The Kier molecular flexibility index (Phi) is 8.70. The molecule has 1 aliphatic rings. The maximum atomic E-state index is 13.6. The summed E-state index contributed by atoms with van der Waals surface area (Å²) in [6, 6.07) is 16.3. The van der Waals surface area contributed by atoms with Crippen LogP contribution < -0.4 is 20.4 Å². The fraction of sp³-hybridized carbons (Fsp3) is 0.179. The van der Waals surface area contributed by atoms with Crippen LogP contribution in [0.2, 0.25) is 0 Å². The Labute approximate surface area is 234 Å². The van der Waals surface area contributed by atoms with E-state index in [4.69, 9.17) is 21.7 Å². The van der Waals surface area contributed by atoms with Crippen molar-refractivity contribution in [2.75, 3.05) is 23.9 Å². The number of hydrogen-bond donors (Lipinski definition) is 2. The van der Waals surface area contributed by atoms with Crippen molar-refractivity contribution < 1.29 is 33.0 Å². The minimum Gasteiger partial charge on any atom is -0.497 e. The second kappa shape index (κ2) is 12.3. The molecule has 0 spiro atoms. The van der Waals surface area contributed by atoms with E-state index in [0.717, 1.165) is 5.01 Å². The van der Waals surface area contributed by atoms with E-state index in [0.29, 0.717) is 17.1 Å². The number of ether oxygens (including phenoxy) is 2. The van der Waals surface area contributed by atoms with Crippen LogP contribution in [0.3, 0.4) is 0 Å². The van der Waals surface area contributed by atoms with Crippen LogP contribution in [0.15, 0.2) is 72.8 Å². The van der Waals surface area contributed by atoms with Crippen LogP contribution >= 0.6 is 12.2 Å². The first-order valence-electron chi connectivity index (χ1n) is 12.2. The largest absolute Gasteiger partial charge is 0.497 e. The summed E-state index contributed by atoms with van der Waals surface area (Å²) in [6.07, 6.45) is -0.383. The number of hydrazine groups is 1. The van der Waals surface area contributed by atoms with Crippen molar-refractivity contribution in [1.29, 1.82) is 0 Å². The number of nitrogens with zero attached hydrogens (tertiary/aromatic N) is 2. The van der Waals surface area contributed by atoms with Gasteiger partial charge in [0.15, 0.2) is 0 Å². The predicted molar refractivity (Wildman–Crippen MR) is 148 cm³/mol. The van der Waals surface area contributed by atoms with Gasteiger partial charge in [0.1, 0.15) is 17.6 Å². The van der Waals surface area contributed by atoms with Gasteiger partial charge in [0, 0.05) is 11.3 Å². The number of esters is 1. The highest BCUT2D eigenvalue weighted by molar-refractivity contribution is 7.80. The second-order valence-corrected chi connectivity index (χ2v) is 8.91. The summed E-state index contributed by atoms with van der Waals surface area (Å²) in [5.74, 6) is -2.26. The average molecular weight is 565 g/mol. The maximum Gasteiger partial charge on any atom is 0.338 e. The average Bonchev–Trinajstić information content (AvgIpc) is 3.18. The molecule has 1 heterocycles. The van der Waals surface area contributed by atoms with Gasteiger partial charge >= 0.3 is 5.97 Å². The van der Waals surface area contributed by atoms with Crippen LogP contribution in [0.5, 0.6) is 5.75 Å². The fourth-order valence-electron chi connectivity index (χ4n) is 3.96. The molecule has 1 fully saturated rings. The van der Waals surface area contributed by atoms with E-state index in [-0.39, 0.29) is 29.3 Å². The molecule has 1 aliphatic heterocycles. The van der Waals surface area contributed by atoms with Crippen molar-refractivity contribution in [2.24, 2.45) is 0 Å². The van der Waals surface area contributed by atoms with Crippen molar-refractivity contribution in [3.63, 3.8) is 0 Å². The Balaban J connectivity index is 1.60. The number of thiocarbonyl (C=S) groups is 1. The number of carbonyl (C=O) groups is 4. The van der Waals surface area contributed by atoms with Gasteiger partial charge in [0.05, 0.1) is 31.4 Å². The summed E-state index contributed by atoms with van der Waals surface area (Å²) in [5.41, 5.74) is 3.80. The molecule has 40 heavy (non-hydrogen) atoms. The van der Waals surface area contributed by atoms with E-state index in [1.54, 1.807) is 25.1 Å². The molecular weight excluding hydrogens is 539 g/mol. The highest BCUT2D eigenvalue weighted by Crippen LogP contribution is 2.27. The molecule has 0 aliphatic carbocycles. The number of anilines is 2. The van der Waals surface area contributed by atoms with E-state index in [1.807, 2.05) is 0 Å². The number of methoxy groups -OCH3 is 1. The predicted octanol–water partition coefficient (Wildman–Crippen LogP) is 3.69. The minimum atomic E-state index is -1.20. The first kappa shape index (κ1) is 28.2. The molecule has 12 heteroatoms. The van der Waals surface area contributed by atoms with Gasteiger partial charge in [-0.1, -0.05) is 6.07 Å². The zero-order valence-corrected chi connectivity index (χ0v) is 22.4. The van der Waals surface area contributed by atoms with Gasteiger partial charge in [-0.05, 0) is 85.9 Å². The number of rotatable bonds is 9. The van der Waals surface area contributed by atoms with E-state index < -0.39 is 35.5 Å². The SMILES string of the molecule is CCOC(=O)c1ccc(N2C(=O)C(CC(=O)Nc3ccc(F)cc3)N(NC(=O)c3cccc(OC)c3)C2=S)cc1. The summed E-state index contributed by atoms with van der Waals surface area (Å²) < 4.78 is 23.4. The molecule has 206 valence electrons. The van der Waals surface area contributed by atoms with Crippen molar-refractivity contribution in [1.82, 2.24) is 10.4 Å². The summed E-state index contributed by atoms with van der Waals surface area (Å²) >= 11 is 5.56. The number of amides is 3. The van der Waals surface area contributed by atoms with Crippen molar-refractivity contribution >= 4 is 52.4 Å². The van der Waals surface area contributed by atoms with Gasteiger partial charge in [0.25, 0.3) is 11.8 Å². The number of halogens is 1. The zero-order chi connectivity index (χ0) is 28.8. The third-order valence-electron chi connectivity index (χ3n) is 5.91. The Morgan fingerprint density at radius 3 is 2.35 bits per heavy atom. The van der Waals surface area contributed by atoms with E-state index in [1.165, 1.54) is 66.6 Å². The van der Waals surface area contributed by atoms with Crippen LogP contribution in [0.25, 0.3) is 0 Å². The summed E-state index contributed by atoms with van der Waals surface area (Å²) in [4.78, 5) is 52.8. The Morgan fingerprint density at radius 2 is 1.70 bits per heavy atom. The second-order valence-electron chi connectivity index (χ2n) is 8.54. The highest BCUT2D eigenvalue weighted by atomic mass is 32.1. The number of hydrogen-bond acceptors (Lipinski definition) is 7. The smallest absolute Gasteiger partial charge is 0.338 e. The molecule has 3 aromatic rings. The Morgan fingerprint density at radius 1 is 1.00 bits per heavy atom. The Hall–Kier alpha value is -4.84. The van der Waals surface area contributed by atoms with Crippen molar-refractivity contribution in [2.45, 2.75) is 19.4 Å². The molecule has 0 radical (unpaired) electrons. The van der Waals surface area contributed by atoms with Crippen LogP contribution in [0.1, 0.15) is 34.1 Å². The van der Waals surface area contributed by atoms with Gasteiger partial charge in [0.2, 0.25) is 11.0 Å². The molecule has 3 aromatic carbocycles. The third-order valence-corrected chi connectivity index (χ3v) is 6.29. The van der Waals surface area contributed by atoms with Crippen molar-refractivity contribution in [3.8, 4) is 5.75 Å². The molecule has 1 atom stereocenters. The minimum absolute atomic E-state index is 0.0790. The first-order chi connectivity index (χ1) is 19.2. The fourth-order valence-corrected chi connectivity index (χ4v) is 4.33. The zero-order valence-electron chi connectivity index (χ0n) is 21.5. The molecule has 0 saturated carbocycles. The molecule has 0 aromatic heterocycles. The standard InChI is InChI=1S/C28H25FN4O6S/c1-3-39-27(37)17-7-13-21(14-8-17)32-26(36)23(16-24(34)30-20-11-9-19(29)10-12-20)33(28(32)40)31-25(35)18-5-4-6-22(15-18)38-2/h4-15,23H,3,16H2,1-2H3,(H,30,34)(H,31,35). The lowest BCUT2D eigenvalue weighted by Gasteiger charge is -2.24.